The van der Waals surface area contributed by atoms with E-state index in [1.807, 2.05) is 5.38 Å². The van der Waals surface area contributed by atoms with Gasteiger partial charge in [-0.05, 0) is 36.8 Å². The number of amides is 1. The number of nitrogens with zero attached hydrogens (tertiary/aromatic N) is 1. The van der Waals surface area contributed by atoms with Gasteiger partial charge in [-0.2, -0.15) is 13.2 Å². The van der Waals surface area contributed by atoms with E-state index in [4.69, 9.17) is 4.74 Å². The minimum Gasteiger partial charge on any atom is -0.486 e. The lowest BCUT2D eigenvalue weighted by Crippen LogP contribution is -2.27. The molecule has 0 aliphatic rings. The van der Waals surface area contributed by atoms with Crippen molar-refractivity contribution < 1.29 is 22.7 Å². The van der Waals surface area contributed by atoms with Gasteiger partial charge in [0.2, 0.25) is 0 Å². The average Bonchev–Trinajstić information content (AvgIpc) is 3.19. The van der Waals surface area contributed by atoms with Crippen LogP contribution in [0.2, 0.25) is 0 Å². The van der Waals surface area contributed by atoms with Gasteiger partial charge in [0.1, 0.15) is 12.4 Å². The molecule has 1 N–H and O–H groups in total. The van der Waals surface area contributed by atoms with Crippen LogP contribution in [0.15, 0.2) is 59.4 Å². The number of hydrogen-bond acceptors (Lipinski definition) is 4. The Morgan fingerprint density at radius 1 is 1.18 bits per heavy atom. The molecule has 3 aromatic rings. The maximum absolute atomic E-state index is 12.7. The van der Waals surface area contributed by atoms with Crippen molar-refractivity contribution in [1.29, 1.82) is 0 Å². The highest BCUT2D eigenvalue weighted by Crippen LogP contribution is 2.30. The molecule has 0 aliphatic heterocycles. The van der Waals surface area contributed by atoms with Gasteiger partial charge < -0.3 is 10.1 Å². The predicted molar refractivity (Wildman–Crippen MR) is 100 cm³/mol. The van der Waals surface area contributed by atoms with Gasteiger partial charge >= 0.3 is 6.18 Å². The molecule has 8 heteroatoms. The smallest absolute Gasteiger partial charge is 0.416 e. The Kier molecular flexibility index (Phi) is 5.99. The van der Waals surface area contributed by atoms with Gasteiger partial charge in [-0.1, -0.05) is 24.3 Å². The first-order valence-corrected chi connectivity index (χ1v) is 9.36. The van der Waals surface area contributed by atoms with Gasteiger partial charge in [0.25, 0.3) is 5.91 Å². The molecule has 3 rings (SSSR count). The third kappa shape index (κ3) is 4.89. The number of rotatable bonds is 6. The first kappa shape index (κ1) is 19.9. The summed E-state index contributed by atoms with van der Waals surface area (Å²) in [6, 6.07) is 11.0. The van der Waals surface area contributed by atoms with Crippen molar-refractivity contribution >= 4 is 17.2 Å². The standard InChI is InChI=1S/C20H17F3N2O2S/c1-13(14-6-8-15(9-7-14)20(21,22)23)25-19(26)17-4-2-3-5-18(17)27-10-16-11-28-12-24-16/h2-9,11-13H,10H2,1H3,(H,25,26). The van der Waals surface area contributed by atoms with E-state index in [-0.39, 0.29) is 12.5 Å². The molecule has 1 heterocycles. The van der Waals surface area contributed by atoms with Crippen LogP contribution in [-0.4, -0.2) is 10.9 Å². The van der Waals surface area contributed by atoms with Crippen LogP contribution in [0.25, 0.3) is 0 Å². The molecule has 1 unspecified atom stereocenters. The molecule has 2 aromatic carbocycles. The number of alkyl halides is 3. The van der Waals surface area contributed by atoms with Crippen molar-refractivity contribution in [3.05, 3.63) is 81.8 Å². The first-order chi connectivity index (χ1) is 13.3. The summed E-state index contributed by atoms with van der Waals surface area (Å²) < 4.78 is 43.8. The third-order valence-electron chi connectivity index (χ3n) is 4.08. The Hall–Kier alpha value is -2.87. The number of aromatic nitrogens is 1. The van der Waals surface area contributed by atoms with E-state index in [1.165, 1.54) is 23.5 Å². The Morgan fingerprint density at radius 3 is 2.54 bits per heavy atom. The van der Waals surface area contributed by atoms with Crippen LogP contribution in [0.1, 0.15) is 40.1 Å². The number of carbonyl (C=O) groups is 1. The molecule has 0 aliphatic carbocycles. The molecule has 0 fully saturated rings. The Bertz CT molecular complexity index is 925. The summed E-state index contributed by atoms with van der Waals surface area (Å²) in [5.41, 5.74) is 2.65. The van der Waals surface area contributed by atoms with E-state index in [9.17, 15) is 18.0 Å². The van der Waals surface area contributed by atoms with Gasteiger partial charge in [-0.25, -0.2) is 4.98 Å². The molecular formula is C20H17F3N2O2S. The summed E-state index contributed by atoms with van der Waals surface area (Å²) in [6.45, 7) is 1.95. The number of hydrogen-bond donors (Lipinski definition) is 1. The highest BCUT2D eigenvalue weighted by Gasteiger charge is 2.30. The minimum absolute atomic E-state index is 0.238. The molecule has 146 valence electrons. The van der Waals surface area contributed by atoms with E-state index >= 15 is 0 Å². The topological polar surface area (TPSA) is 51.2 Å². The molecule has 1 amide bonds. The third-order valence-corrected chi connectivity index (χ3v) is 4.71. The molecule has 0 saturated carbocycles. The number of carbonyl (C=O) groups excluding carboxylic acids is 1. The number of thiazole rings is 1. The molecule has 1 aromatic heterocycles. The predicted octanol–water partition coefficient (Wildman–Crippen LogP) is 5.23. The largest absolute Gasteiger partial charge is 0.486 e. The van der Waals surface area contributed by atoms with E-state index in [2.05, 4.69) is 10.3 Å². The fraction of sp³-hybridized carbons (Fsp3) is 0.200. The monoisotopic (exact) mass is 406 g/mol. The zero-order valence-corrected chi connectivity index (χ0v) is 15.7. The molecule has 0 bridgehead atoms. The maximum atomic E-state index is 12.7. The van der Waals surface area contributed by atoms with E-state index in [0.29, 0.717) is 16.9 Å². The summed E-state index contributed by atoms with van der Waals surface area (Å²) >= 11 is 1.45. The lowest BCUT2D eigenvalue weighted by Gasteiger charge is -2.17. The quantitative estimate of drug-likeness (QED) is 0.610. The summed E-state index contributed by atoms with van der Waals surface area (Å²) in [4.78, 5) is 16.8. The van der Waals surface area contributed by atoms with E-state index < -0.39 is 17.8 Å². The SMILES string of the molecule is CC(NC(=O)c1ccccc1OCc1cscn1)c1ccc(C(F)(F)F)cc1. The molecule has 0 saturated heterocycles. The number of nitrogens with one attached hydrogen (secondary N) is 1. The fourth-order valence-corrected chi connectivity index (χ4v) is 3.10. The second-order valence-electron chi connectivity index (χ2n) is 6.08. The highest BCUT2D eigenvalue weighted by atomic mass is 32.1. The number of halogens is 3. The first-order valence-electron chi connectivity index (χ1n) is 8.41. The number of benzene rings is 2. The number of para-hydroxylation sites is 1. The van der Waals surface area contributed by atoms with Crippen LogP contribution in [-0.2, 0) is 12.8 Å². The molecule has 1 atom stereocenters. The molecule has 0 radical (unpaired) electrons. The van der Waals surface area contributed by atoms with Crippen molar-refractivity contribution in [2.45, 2.75) is 25.7 Å². The van der Waals surface area contributed by atoms with Gasteiger partial charge in [0.15, 0.2) is 0 Å². The fourth-order valence-electron chi connectivity index (χ4n) is 2.56. The van der Waals surface area contributed by atoms with Crippen LogP contribution in [0.4, 0.5) is 13.2 Å². The average molecular weight is 406 g/mol. The van der Waals surface area contributed by atoms with Crippen LogP contribution < -0.4 is 10.1 Å². The minimum atomic E-state index is -4.39. The van der Waals surface area contributed by atoms with Gasteiger partial charge in [-0.15, -0.1) is 11.3 Å². The van der Waals surface area contributed by atoms with E-state index in [1.54, 1.807) is 36.7 Å². The van der Waals surface area contributed by atoms with Gasteiger partial charge in [-0.3, -0.25) is 4.79 Å². The van der Waals surface area contributed by atoms with Crippen LogP contribution in [0, 0.1) is 0 Å². The second-order valence-corrected chi connectivity index (χ2v) is 6.80. The number of ether oxygens (including phenoxy) is 1. The van der Waals surface area contributed by atoms with Crippen LogP contribution in [0.3, 0.4) is 0 Å². The lowest BCUT2D eigenvalue weighted by molar-refractivity contribution is -0.137. The summed E-state index contributed by atoms with van der Waals surface area (Å²) in [5.74, 6) is 0.0360. The normalized spacial score (nSPS) is 12.4. The van der Waals surface area contributed by atoms with Crippen LogP contribution >= 0.6 is 11.3 Å². The van der Waals surface area contributed by atoms with Crippen molar-refractivity contribution in [3.63, 3.8) is 0 Å². The summed E-state index contributed by atoms with van der Waals surface area (Å²) in [7, 11) is 0. The molecule has 4 nitrogen and oxygen atoms in total. The summed E-state index contributed by atoms with van der Waals surface area (Å²) in [6.07, 6.45) is -4.39. The van der Waals surface area contributed by atoms with Gasteiger partial charge in [0.05, 0.1) is 28.4 Å². The van der Waals surface area contributed by atoms with Crippen molar-refractivity contribution in [2.24, 2.45) is 0 Å². The Labute approximate surface area is 164 Å². The zero-order valence-electron chi connectivity index (χ0n) is 14.9. The van der Waals surface area contributed by atoms with Crippen molar-refractivity contribution in [2.75, 3.05) is 0 Å². The molecule has 28 heavy (non-hydrogen) atoms. The Balaban J connectivity index is 1.68. The van der Waals surface area contributed by atoms with Gasteiger partial charge in [0, 0.05) is 5.38 Å². The Morgan fingerprint density at radius 2 is 1.89 bits per heavy atom. The molecule has 0 spiro atoms. The zero-order chi connectivity index (χ0) is 20.1. The lowest BCUT2D eigenvalue weighted by atomic mass is 10.1. The van der Waals surface area contributed by atoms with E-state index in [0.717, 1.165) is 17.8 Å². The van der Waals surface area contributed by atoms with Crippen molar-refractivity contribution in [1.82, 2.24) is 10.3 Å². The summed E-state index contributed by atoms with van der Waals surface area (Å²) in [5, 5.41) is 4.65. The van der Waals surface area contributed by atoms with Crippen molar-refractivity contribution in [3.8, 4) is 5.75 Å². The highest BCUT2D eigenvalue weighted by molar-refractivity contribution is 7.07. The maximum Gasteiger partial charge on any atom is 0.416 e. The molecular weight excluding hydrogens is 389 g/mol. The second kappa shape index (κ2) is 8.43. The van der Waals surface area contributed by atoms with Crippen LogP contribution in [0.5, 0.6) is 5.75 Å².